The molecule has 0 aromatic heterocycles. The molecule has 14 heavy (non-hydrogen) atoms. The third-order valence-corrected chi connectivity index (χ3v) is 2.15. The topological polar surface area (TPSA) is 75.4 Å². The van der Waals surface area contributed by atoms with E-state index in [0.29, 0.717) is 6.54 Å². The fraction of sp³-hybridized carbons (Fsp3) is 0.778. The van der Waals surface area contributed by atoms with Crippen LogP contribution < -0.4 is 11.1 Å². The van der Waals surface area contributed by atoms with Gasteiger partial charge in [0.05, 0.1) is 12.1 Å². The van der Waals surface area contributed by atoms with Crippen LogP contribution in [0.3, 0.4) is 0 Å². The molecule has 0 fully saturated rings. The molecule has 5 nitrogen and oxygen atoms in total. The monoisotopic (exact) mass is 201 g/mol. The van der Waals surface area contributed by atoms with E-state index in [4.69, 9.17) is 5.73 Å². The predicted octanol–water partition coefficient (Wildman–Crippen LogP) is -0.683. The summed E-state index contributed by atoms with van der Waals surface area (Å²) in [5.74, 6) is -0.496. The van der Waals surface area contributed by atoms with E-state index < -0.39 is 11.9 Å². The van der Waals surface area contributed by atoms with Crippen LogP contribution in [0.4, 0.5) is 0 Å². The molecule has 0 heterocycles. The lowest BCUT2D eigenvalue weighted by molar-refractivity contribution is -0.132. The van der Waals surface area contributed by atoms with E-state index in [1.54, 1.807) is 25.8 Å². The quantitative estimate of drug-likeness (QED) is 0.618. The Labute approximate surface area is 84.6 Å². The third kappa shape index (κ3) is 3.74. The summed E-state index contributed by atoms with van der Waals surface area (Å²) in [5, 5.41) is 2.83. The molecular formula is C9H19N3O2. The predicted molar refractivity (Wildman–Crippen MR) is 54.6 cm³/mol. The van der Waals surface area contributed by atoms with Crippen molar-refractivity contribution in [2.75, 3.05) is 13.6 Å². The van der Waals surface area contributed by atoms with Gasteiger partial charge in [-0.05, 0) is 20.8 Å². The fourth-order valence-electron chi connectivity index (χ4n) is 1.01. The van der Waals surface area contributed by atoms with E-state index in [9.17, 15) is 9.59 Å². The molecule has 0 aliphatic heterocycles. The van der Waals surface area contributed by atoms with Gasteiger partial charge in [-0.3, -0.25) is 14.9 Å². The van der Waals surface area contributed by atoms with Crippen LogP contribution in [0.5, 0.6) is 0 Å². The van der Waals surface area contributed by atoms with Gasteiger partial charge in [0.25, 0.3) is 0 Å². The number of nitrogens with two attached hydrogens (primary N) is 1. The minimum atomic E-state index is -0.487. The van der Waals surface area contributed by atoms with Crippen molar-refractivity contribution in [1.29, 1.82) is 0 Å². The average Bonchev–Trinajstić information content (AvgIpc) is 2.14. The molecule has 0 saturated heterocycles. The molecule has 0 bridgehead atoms. The molecular weight excluding hydrogens is 182 g/mol. The normalized spacial score (nSPS) is 14.6. The molecule has 2 unspecified atom stereocenters. The van der Waals surface area contributed by atoms with Crippen molar-refractivity contribution in [3.8, 4) is 0 Å². The molecule has 2 atom stereocenters. The Bertz CT molecular complexity index is 218. The zero-order valence-electron chi connectivity index (χ0n) is 9.20. The highest BCUT2D eigenvalue weighted by Gasteiger charge is 2.19. The number of nitrogens with zero attached hydrogens (tertiary/aromatic N) is 1. The Morgan fingerprint density at radius 1 is 1.36 bits per heavy atom. The van der Waals surface area contributed by atoms with Crippen LogP contribution in [0.25, 0.3) is 0 Å². The van der Waals surface area contributed by atoms with Crippen molar-refractivity contribution in [3.05, 3.63) is 0 Å². The number of primary amides is 1. The number of carbonyl (C=O) groups is 2. The summed E-state index contributed by atoms with van der Waals surface area (Å²) in [5.41, 5.74) is 5.07. The Morgan fingerprint density at radius 3 is 2.21 bits per heavy atom. The van der Waals surface area contributed by atoms with Gasteiger partial charge in [-0.25, -0.2) is 0 Å². The Balaban J connectivity index is 4.14. The number of likely N-dealkylation sites (N-methyl/N-ethyl adjacent to an activating group) is 1. The first-order chi connectivity index (χ1) is 6.40. The van der Waals surface area contributed by atoms with E-state index in [1.165, 1.54) is 0 Å². The summed E-state index contributed by atoms with van der Waals surface area (Å²) in [4.78, 5) is 23.9. The van der Waals surface area contributed by atoms with Gasteiger partial charge in [0.2, 0.25) is 11.8 Å². The minimum absolute atomic E-state index is 0.0411. The highest BCUT2D eigenvalue weighted by Crippen LogP contribution is 1.93. The first-order valence-electron chi connectivity index (χ1n) is 4.70. The third-order valence-electron chi connectivity index (χ3n) is 2.15. The maximum Gasteiger partial charge on any atom is 0.239 e. The van der Waals surface area contributed by atoms with Crippen LogP contribution in [0, 0.1) is 0 Å². The second-order valence-electron chi connectivity index (χ2n) is 3.36. The Kier molecular flexibility index (Phi) is 5.15. The van der Waals surface area contributed by atoms with Crippen LogP contribution >= 0.6 is 0 Å². The van der Waals surface area contributed by atoms with Crippen molar-refractivity contribution in [1.82, 2.24) is 10.2 Å². The lowest BCUT2D eigenvalue weighted by atomic mass is 10.2. The maximum absolute atomic E-state index is 11.5. The zero-order chi connectivity index (χ0) is 11.3. The summed E-state index contributed by atoms with van der Waals surface area (Å²) < 4.78 is 0. The smallest absolute Gasteiger partial charge is 0.239 e. The van der Waals surface area contributed by atoms with E-state index in [0.717, 1.165) is 0 Å². The summed E-state index contributed by atoms with van der Waals surface area (Å²) in [6.07, 6.45) is 0. The molecule has 0 radical (unpaired) electrons. The van der Waals surface area contributed by atoms with Crippen molar-refractivity contribution >= 4 is 11.8 Å². The lowest BCUT2D eigenvalue weighted by Crippen LogP contribution is -2.50. The summed E-state index contributed by atoms with van der Waals surface area (Å²) in [6, 6.07) is -0.873. The highest BCUT2D eigenvalue weighted by molar-refractivity contribution is 5.83. The number of hydrogen-bond donors (Lipinski definition) is 2. The van der Waals surface area contributed by atoms with Crippen molar-refractivity contribution in [2.24, 2.45) is 5.73 Å². The van der Waals surface area contributed by atoms with Crippen LogP contribution in [0.15, 0.2) is 0 Å². The first-order valence-corrected chi connectivity index (χ1v) is 4.70. The maximum atomic E-state index is 11.5. The van der Waals surface area contributed by atoms with Crippen LogP contribution in [0.1, 0.15) is 20.8 Å². The molecule has 5 heteroatoms. The molecule has 0 rings (SSSR count). The Hall–Kier alpha value is -1.10. The van der Waals surface area contributed by atoms with Crippen molar-refractivity contribution < 1.29 is 9.59 Å². The van der Waals surface area contributed by atoms with E-state index >= 15 is 0 Å². The zero-order valence-corrected chi connectivity index (χ0v) is 9.20. The number of nitrogens with one attached hydrogen (secondary N) is 1. The molecule has 0 aliphatic rings. The molecule has 82 valence electrons. The van der Waals surface area contributed by atoms with Gasteiger partial charge in [0.1, 0.15) is 0 Å². The highest BCUT2D eigenvalue weighted by atomic mass is 16.2. The number of hydrogen-bond acceptors (Lipinski definition) is 3. The van der Waals surface area contributed by atoms with Crippen molar-refractivity contribution in [3.63, 3.8) is 0 Å². The molecule has 2 amide bonds. The standard InChI is InChI=1S/C9H19N3O2/c1-5-12(4)9(14)7(3)11-6(2)8(10)13/h6-7,11H,5H2,1-4H3,(H2,10,13). The molecule has 0 aromatic carbocycles. The van der Waals surface area contributed by atoms with Gasteiger partial charge >= 0.3 is 0 Å². The van der Waals surface area contributed by atoms with Gasteiger partial charge in [-0.2, -0.15) is 0 Å². The average molecular weight is 201 g/mol. The van der Waals surface area contributed by atoms with E-state index in [1.807, 2.05) is 6.92 Å². The summed E-state index contributed by atoms with van der Waals surface area (Å²) in [7, 11) is 1.72. The summed E-state index contributed by atoms with van der Waals surface area (Å²) >= 11 is 0. The van der Waals surface area contributed by atoms with E-state index in [-0.39, 0.29) is 11.9 Å². The van der Waals surface area contributed by atoms with Gasteiger partial charge in [0, 0.05) is 13.6 Å². The van der Waals surface area contributed by atoms with Gasteiger partial charge in [0.15, 0.2) is 0 Å². The van der Waals surface area contributed by atoms with Gasteiger partial charge in [-0.1, -0.05) is 0 Å². The molecule has 0 saturated carbocycles. The van der Waals surface area contributed by atoms with Crippen molar-refractivity contribution in [2.45, 2.75) is 32.9 Å². The Morgan fingerprint density at radius 2 is 1.86 bits per heavy atom. The molecule has 0 spiro atoms. The number of amides is 2. The molecule has 0 aromatic rings. The minimum Gasteiger partial charge on any atom is -0.368 e. The van der Waals surface area contributed by atoms with Gasteiger partial charge < -0.3 is 10.6 Å². The number of rotatable bonds is 5. The molecule has 0 aliphatic carbocycles. The molecule has 3 N–H and O–H groups in total. The second-order valence-corrected chi connectivity index (χ2v) is 3.36. The van der Waals surface area contributed by atoms with Gasteiger partial charge in [-0.15, -0.1) is 0 Å². The van der Waals surface area contributed by atoms with E-state index in [2.05, 4.69) is 5.32 Å². The number of carbonyl (C=O) groups excluding carboxylic acids is 2. The van der Waals surface area contributed by atoms with Crippen LogP contribution in [-0.2, 0) is 9.59 Å². The fourth-order valence-corrected chi connectivity index (χ4v) is 1.01. The van der Waals surface area contributed by atoms with Crippen LogP contribution in [0.2, 0.25) is 0 Å². The van der Waals surface area contributed by atoms with Crippen LogP contribution in [-0.4, -0.2) is 42.4 Å². The SMILES string of the molecule is CCN(C)C(=O)C(C)NC(C)C(N)=O. The summed E-state index contributed by atoms with van der Waals surface area (Å²) in [6.45, 7) is 5.89. The second kappa shape index (κ2) is 5.59. The lowest BCUT2D eigenvalue weighted by Gasteiger charge is -2.22. The first kappa shape index (κ1) is 12.9. The largest absolute Gasteiger partial charge is 0.368 e.